The molecule has 0 radical (unpaired) electrons. The number of carbonyl (C=O) groups is 1. The minimum Gasteiger partial charge on any atom is -0.324 e. The van der Waals surface area contributed by atoms with Crippen LogP contribution in [-0.2, 0) is 4.79 Å². The van der Waals surface area contributed by atoms with Gasteiger partial charge in [0.1, 0.15) is 11.2 Å². The molecule has 1 atom stereocenters. The van der Waals surface area contributed by atoms with Crippen LogP contribution in [0.25, 0.3) is 0 Å². The Bertz CT molecular complexity index is 545. The lowest BCUT2D eigenvalue weighted by molar-refractivity contribution is -0.116. The van der Waals surface area contributed by atoms with Crippen LogP contribution in [0.1, 0.15) is 10.9 Å². The fourth-order valence-electron chi connectivity index (χ4n) is 1.55. The normalized spacial score (nSPS) is 11.9. The van der Waals surface area contributed by atoms with Crippen LogP contribution in [-0.4, -0.2) is 5.91 Å². The van der Waals surface area contributed by atoms with Crippen LogP contribution in [0.15, 0.2) is 54.6 Å². The van der Waals surface area contributed by atoms with Gasteiger partial charge in [-0.3, -0.25) is 4.79 Å². The first-order valence-corrected chi connectivity index (χ1v) is 5.86. The predicted octanol–water partition coefficient (Wildman–Crippen LogP) is 3.74. The molecule has 92 valence electrons. The number of hydrogen-bond donors (Lipinski definition) is 1. The number of amides is 1. The van der Waals surface area contributed by atoms with E-state index >= 15 is 0 Å². The first-order valence-electron chi connectivity index (χ1n) is 5.42. The molecule has 0 unspecified atom stereocenters. The van der Waals surface area contributed by atoms with Crippen molar-refractivity contribution in [3.8, 4) is 0 Å². The monoisotopic (exact) mass is 263 g/mol. The van der Waals surface area contributed by atoms with E-state index < -0.39 is 11.2 Å². The molecule has 2 aromatic carbocycles. The van der Waals surface area contributed by atoms with Crippen molar-refractivity contribution in [2.45, 2.75) is 5.38 Å². The first kappa shape index (κ1) is 12.6. The molecule has 4 heteroatoms. The zero-order chi connectivity index (χ0) is 13.0. The third-order valence-corrected chi connectivity index (χ3v) is 2.86. The van der Waals surface area contributed by atoms with E-state index in [1.54, 1.807) is 30.3 Å². The topological polar surface area (TPSA) is 29.1 Å². The molecule has 0 aliphatic rings. The van der Waals surface area contributed by atoms with E-state index in [4.69, 9.17) is 11.6 Å². The molecule has 2 rings (SSSR count). The third kappa shape index (κ3) is 3.08. The molecule has 0 saturated heterocycles. The minimum atomic E-state index is -0.797. The molecule has 0 spiro atoms. The van der Waals surface area contributed by atoms with Crippen molar-refractivity contribution in [3.63, 3.8) is 0 Å². The molecule has 0 aromatic heterocycles. The molecule has 0 fully saturated rings. The molecule has 1 N–H and O–H groups in total. The van der Waals surface area contributed by atoms with Crippen molar-refractivity contribution in [3.05, 3.63) is 66.0 Å². The quantitative estimate of drug-likeness (QED) is 0.840. The van der Waals surface area contributed by atoms with Crippen molar-refractivity contribution >= 4 is 23.2 Å². The fourth-order valence-corrected chi connectivity index (χ4v) is 1.75. The van der Waals surface area contributed by atoms with Crippen LogP contribution in [0.3, 0.4) is 0 Å². The van der Waals surface area contributed by atoms with E-state index in [1.165, 1.54) is 18.2 Å². The Labute approximate surface area is 109 Å². The molecule has 2 aromatic rings. The second-order valence-electron chi connectivity index (χ2n) is 3.77. The molecule has 18 heavy (non-hydrogen) atoms. The van der Waals surface area contributed by atoms with Crippen molar-refractivity contribution in [2.24, 2.45) is 0 Å². The van der Waals surface area contributed by atoms with E-state index in [2.05, 4.69) is 5.32 Å². The number of benzene rings is 2. The van der Waals surface area contributed by atoms with E-state index in [1.807, 2.05) is 6.07 Å². The minimum absolute atomic E-state index is 0.381. The standard InChI is InChI=1S/C14H11ClFNO/c15-13(10-5-2-1-3-6-10)14(18)17-12-8-4-7-11(16)9-12/h1-9,13H,(H,17,18)/t13-/m0/s1. The number of carbonyl (C=O) groups excluding carboxylic acids is 1. The van der Waals surface area contributed by atoms with Crippen LogP contribution in [0.2, 0.25) is 0 Å². The Morgan fingerprint density at radius 1 is 1.11 bits per heavy atom. The second-order valence-corrected chi connectivity index (χ2v) is 4.21. The smallest absolute Gasteiger partial charge is 0.246 e. The van der Waals surface area contributed by atoms with Crippen molar-refractivity contribution in [1.29, 1.82) is 0 Å². The van der Waals surface area contributed by atoms with E-state index in [9.17, 15) is 9.18 Å². The van der Waals surface area contributed by atoms with Gasteiger partial charge in [-0.2, -0.15) is 0 Å². The highest BCUT2D eigenvalue weighted by Gasteiger charge is 2.17. The van der Waals surface area contributed by atoms with Crippen LogP contribution in [0.5, 0.6) is 0 Å². The van der Waals surface area contributed by atoms with Gasteiger partial charge in [-0.15, -0.1) is 11.6 Å². The summed E-state index contributed by atoms with van der Waals surface area (Å²) in [6.07, 6.45) is 0. The Morgan fingerprint density at radius 2 is 1.83 bits per heavy atom. The Kier molecular flexibility index (Phi) is 3.95. The molecule has 1 amide bonds. The Hall–Kier alpha value is -1.87. The number of rotatable bonds is 3. The summed E-state index contributed by atoms with van der Waals surface area (Å²) >= 11 is 6.04. The largest absolute Gasteiger partial charge is 0.324 e. The zero-order valence-electron chi connectivity index (χ0n) is 9.44. The molecular weight excluding hydrogens is 253 g/mol. The first-order chi connectivity index (χ1) is 8.66. The number of halogens is 2. The average molecular weight is 264 g/mol. The van der Waals surface area contributed by atoms with Crippen LogP contribution < -0.4 is 5.32 Å². The zero-order valence-corrected chi connectivity index (χ0v) is 10.2. The summed E-state index contributed by atoms with van der Waals surface area (Å²) in [4.78, 5) is 11.9. The molecule has 0 aliphatic carbocycles. The van der Waals surface area contributed by atoms with E-state index in [0.29, 0.717) is 11.3 Å². The summed E-state index contributed by atoms with van der Waals surface area (Å²) < 4.78 is 13.0. The summed E-state index contributed by atoms with van der Waals surface area (Å²) in [6.45, 7) is 0. The molecule has 0 bridgehead atoms. The molecule has 2 nitrogen and oxygen atoms in total. The third-order valence-electron chi connectivity index (χ3n) is 2.41. The molecule has 0 heterocycles. The van der Waals surface area contributed by atoms with Gasteiger partial charge in [0.15, 0.2) is 0 Å². The molecular formula is C14H11ClFNO. The molecule has 0 aliphatic heterocycles. The number of hydrogen-bond acceptors (Lipinski definition) is 1. The van der Waals surface area contributed by atoms with E-state index in [-0.39, 0.29) is 5.91 Å². The highest BCUT2D eigenvalue weighted by atomic mass is 35.5. The van der Waals surface area contributed by atoms with Crippen molar-refractivity contribution in [1.82, 2.24) is 0 Å². The Morgan fingerprint density at radius 3 is 2.50 bits per heavy atom. The number of nitrogens with one attached hydrogen (secondary N) is 1. The summed E-state index contributed by atoms with van der Waals surface area (Å²) in [5.41, 5.74) is 1.09. The summed E-state index contributed by atoms with van der Waals surface area (Å²) in [5.74, 6) is -0.785. The number of alkyl halides is 1. The maximum absolute atomic E-state index is 13.0. The van der Waals surface area contributed by atoms with Gasteiger partial charge in [-0.1, -0.05) is 36.4 Å². The Balaban J connectivity index is 2.09. The van der Waals surface area contributed by atoms with Gasteiger partial charge < -0.3 is 5.32 Å². The van der Waals surface area contributed by atoms with Gasteiger partial charge in [0, 0.05) is 5.69 Å². The fraction of sp³-hybridized carbons (Fsp3) is 0.0714. The second kappa shape index (κ2) is 5.65. The van der Waals surface area contributed by atoms with Crippen LogP contribution in [0, 0.1) is 5.82 Å². The summed E-state index contributed by atoms with van der Waals surface area (Å²) in [7, 11) is 0. The van der Waals surface area contributed by atoms with Gasteiger partial charge in [0.2, 0.25) is 5.91 Å². The van der Waals surface area contributed by atoms with Crippen LogP contribution >= 0.6 is 11.6 Å². The van der Waals surface area contributed by atoms with Crippen molar-refractivity contribution < 1.29 is 9.18 Å². The van der Waals surface area contributed by atoms with Gasteiger partial charge in [0.05, 0.1) is 0 Å². The molecule has 0 saturated carbocycles. The average Bonchev–Trinajstić information content (AvgIpc) is 2.39. The van der Waals surface area contributed by atoms with Crippen molar-refractivity contribution in [2.75, 3.05) is 5.32 Å². The maximum atomic E-state index is 13.0. The summed E-state index contributed by atoms with van der Waals surface area (Å²) in [5, 5.41) is 1.77. The van der Waals surface area contributed by atoms with Crippen LogP contribution in [0.4, 0.5) is 10.1 Å². The summed E-state index contributed by atoms with van der Waals surface area (Å²) in [6, 6.07) is 14.7. The highest BCUT2D eigenvalue weighted by Crippen LogP contribution is 2.22. The number of anilines is 1. The SMILES string of the molecule is O=C(Nc1cccc(F)c1)[C@@H](Cl)c1ccccc1. The van der Waals surface area contributed by atoms with E-state index in [0.717, 1.165) is 0 Å². The predicted molar refractivity (Wildman–Crippen MR) is 70.1 cm³/mol. The van der Waals surface area contributed by atoms with Gasteiger partial charge in [-0.05, 0) is 23.8 Å². The van der Waals surface area contributed by atoms with Gasteiger partial charge in [0.25, 0.3) is 0 Å². The lowest BCUT2D eigenvalue weighted by Gasteiger charge is -2.10. The van der Waals surface area contributed by atoms with Gasteiger partial charge in [-0.25, -0.2) is 4.39 Å². The maximum Gasteiger partial charge on any atom is 0.246 e. The lowest BCUT2D eigenvalue weighted by Crippen LogP contribution is -2.17. The van der Waals surface area contributed by atoms with Gasteiger partial charge >= 0.3 is 0 Å². The highest BCUT2D eigenvalue weighted by molar-refractivity contribution is 6.32. The lowest BCUT2D eigenvalue weighted by atomic mass is 10.1.